The molecule has 1 N–H and O–H groups in total. The highest BCUT2D eigenvalue weighted by Gasteiger charge is 2.24. The highest BCUT2D eigenvalue weighted by molar-refractivity contribution is 6.31. The number of carbonyl (C=O) groups is 2. The van der Waals surface area contributed by atoms with Crippen molar-refractivity contribution in [1.29, 1.82) is 0 Å². The van der Waals surface area contributed by atoms with E-state index in [-0.39, 0.29) is 11.5 Å². The zero-order valence-corrected chi connectivity index (χ0v) is 16.5. The van der Waals surface area contributed by atoms with E-state index in [0.29, 0.717) is 42.2 Å². The van der Waals surface area contributed by atoms with Gasteiger partial charge < -0.3 is 4.74 Å². The molecule has 0 saturated carbocycles. The molecule has 0 spiro atoms. The summed E-state index contributed by atoms with van der Waals surface area (Å²) in [6.45, 7) is 5.01. The maximum absolute atomic E-state index is 13.3. The molecule has 29 heavy (non-hydrogen) atoms. The predicted octanol–water partition coefficient (Wildman–Crippen LogP) is 4.65. The van der Waals surface area contributed by atoms with Gasteiger partial charge in [0.1, 0.15) is 5.82 Å². The summed E-state index contributed by atoms with van der Waals surface area (Å²) >= 11 is 5.92. The number of hydrogen-bond acceptors (Lipinski definition) is 3. The Kier molecular flexibility index (Phi) is 6.96. The smallest absolute Gasteiger partial charge is 0.258 e. The summed E-state index contributed by atoms with van der Waals surface area (Å²) < 4.78 is 18.6. The third-order valence-electron chi connectivity index (χ3n) is 4.81. The minimum absolute atomic E-state index is 0.00827. The van der Waals surface area contributed by atoms with Crippen LogP contribution in [0.2, 0.25) is 5.02 Å². The van der Waals surface area contributed by atoms with Crippen molar-refractivity contribution in [2.24, 2.45) is 5.92 Å². The lowest BCUT2D eigenvalue weighted by atomic mass is 9.92. The predicted molar refractivity (Wildman–Crippen MR) is 112 cm³/mol. The number of ether oxygens (including phenoxy) is 1. The third-order valence-corrected chi connectivity index (χ3v) is 5.07. The summed E-state index contributed by atoms with van der Waals surface area (Å²) in [5.74, 6) is -1.51. The average molecular weight is 414 g/mol. The van der Waals surface area contributed by atoms with Crippen LogP contribution in [-0.2, 0) is 14.3 Å². The Balaban J connectivity index is 1.83. The van der Waals surface area contributed by atoms with Crippen molar-refractivity contribution in [1.82, 2.24) is 5.32 Å². The van der Waals surface area contributed by atoms with E-state index in [0.717, 1.165) is 5.56 Å². The molecule has 1 aliphatic rings. The van der Waals surface area contributed by atoms with Crippen LogP contribution in [0.1, 0.15) is 24.0 Å². The first-order chi connectivity index (χ1) is 13.9. The van der Waals surface area contributed by atoms with Crippen LogP contribution in [0.4, 0.5) is 4.39 Å². The van der Waals surface area contributed by atoms with Gasteiger partial charge in [0.05, 0.1) is 0 Å². The second-order valence-corrected chi connectivity index (χ2v) is 7.25. The van der Waals surface area contributed by atoms with Gasteiger partial charge >= 0.3 is 0 Å². The van der Waals surface area contributed by atoms with Gasteiger partial charge in [0.25, 0.3) is 11.8 Å². The van der Waals surface area contributed by atoms with Crippen LogP contribution in [0.25, 0.3) is 11.6 Å². The van der Waals surface area contributed by atoms with E-state index in [2.05, 4.69) is 11.9 Å². The molecule has 2 amide bonds. The number of hydrogen-bond donors (Lipinski definition) is 1. The fourth-order valence-corrected chi connectivity index (χ4v) is 3.24. The van der Waals surface area contributed by atoms with Gasteiger partial charge in [-0.3, -0.25) is 14.9 Å². The standard InChI is InChI=1S/C23H21ClFNO3/c1-15(17-10-12-29-13-11-17)22(27)26-23(28)21(18-4-8-20(25)9-5-18)14-16-2-6-19(24)7-3-16/h2-9,14,17H,1,10-13H2,(H,26,27,28)/b21-14+. The molecule has 1 aliphatic heterocycles. The normalized spacial score (nSPS) is 15.0. The molecular weight excluding hydrogens is 393 g/mol. The van der Waals surface area contributed by atoms with Gasteiger partial charge in [-0.2, -0.15) is 0 Å². The van der Waals surface area contributed by atoms with Gasteiger partial charge in [-0.15, -0.1) is 0 Å². The number of rotatable bonds is 5. The summed E-state index contributed by atoms with van der Waals surface area (Å²) in [6, 6.07) is 12.4. The van der Waals surface area contributed by atoms with E-state index < -0.39 is 17.6 Å². The van der Waals surface area contributed by atoms with E-state index in [1.165, 1.54) is 24.3 Å². The van der Waals surface area contributed by atoms with Crippen molar-refractivity contribution in [3.05, 3.63) is 82.6 Å². The summed E-state index contributed by atoms with van der Waals surface area (Å²) in [7, 11) is 0. The molecule has 1 saturated heterocycles. The molecular formula is C23H21ClFNO3. The molecule has 0 aliphatic carbocycles. The maximum Gasteiger partial charge on any atom is 0.258 e. The van der Waals surface area contributed by atoms with Gasteiger partial charge in [-0.25, -0.2) is 4.39 Å². The van der Waals surface area contributed by atoms with Gasteiger partial charge in [-0.1, -0.05) is 42.4 Å². The van der Waals surface area contributed by atoms with Crippen molar-refractivity contribution >= 4 is 35.1 Å². The lowest BCUT2D eigenvalue weighted by Gasteiger charge is -2.23. The molecule has 2 aromatic carbocycles. The summed E-state index contributed by atoms with van der Waals surface area (Å²) in [6.07, 6.45) is 3.03. The summed E-state index contributed by atoms with van der Waals surface area (Å²) in [5.41, 5.74) is 1.81. The van der Waals surface area contributed by atoms with Crippen LogP contribution >= 0.6 is 11.6 Å². The first-order valence-corrected chi connectivity index (χ1v) is 9.67. The van der Waals surface area contributed by atoms with Gasteiger partial charge in [0.2, 0.25) is 0 Å². The Labute approximate surface area is 174 Å². The maximum atomic E-state index is 13.3. The monoisotopic (exact) mass is 413 g/mol. The highest BCUT2D eigenvalue weighted by atomic mass is 35.5. The molecule has 0 aromatic heterocycles. The van der Waals surface area contributed by atoms with Crippen LogP contribution < -0.4 is 5.32 Å². The molecule has 6 heteroatoms. The number of nitrogens with one attached hydrogen (secondary N) is 1. The topological polar surface area (TPSA) is 55.4 Å². The van der Waals surface area contributed by atoms with E-state index in [1.54, 1.807) is 30.3 Å². The third kappa shape index (κ3) is 5.62. The first kappa shape index (κ1) is 21.0. The Morgan fingerprint density at radius 2 is 1.66 bits per heavy atom. The zero-order chi connectivity index (χ0) is 20.8. The number of halogens is 2. The number of carbonyl (C=O) groups excluding carboxylic acids is 2. The highest BCUT2D eigenvalue weighted by Crippen LogP contribution is 2.24. The molecule has 2 aromatic rings. The molecule has 150 valence electrons. The van der Waals surface area contributed by atoms with E-state index in [4.69, 9.17) is 16.3 Å². The van der Waals surface area contributed by atoms with Crippen molar-refractivity contribution in [3.8, 4) is 0 Å². The van der Waals surface area contributed by atoms with E-state index in [9.17, 15) is 14.0 Å². The van der Waals surface area contributed by atoms with Crippen LogP contribution in [0.15, 0.2) is 60.7 Å². The first-order valence-electron chi connectivity index (χ1n) is 9.29. The quantitative estimate of drug-likeness (QED) is 0.573. The van der Waals surface area contributed by atoms with Crippen LogP contribution in [0.5, 0.6) is 0 Å². The molecule has 3 rings (SSSR count). The van der Waals surface area contributed by atoms with Crippen LogP contribution in [-0.4, -0.2) is 25.0 Å². The minimum Gasteiger partial charge on any atom is -0.381 e. The molecule has 1 fully saturated rings. The second kappa shape index (κ2) is 9.63. The van der Waals surface area contributed by atoms with Crippen molar-refractivity contribution in [2.75, 3.05) is 13.2 Å². The Bertz CT molecular complexity index is 930. The number of amides is 2. The Hall–Kier alpha value is -2.76. The van der Waals surface area contributed by atoms with Crippen molar-refractivity contribution < 1.29 is 18.7 Å². The fraction of sp³-hybridized carbons (Fsp3) is 0.217. The van der Waals surface area contributed by atoms with Crippen LogP contribution in [0, 0.1) is 11.7 Å². The average Bonchev–Trinajstić information content (AvgIpc) is 2.74. The van der Waals surface area contributed by atoms with Gasteiger partial charge in [0.15, 0.2) is 0 Å². The van der Waals surface area contributed by atoms with E-state index in [1.807, 2.05) is 0 Å². The molecule has 1 heterocycles. The lowest BCUT2D eigenvalue weighted by Crippen LogP contribution is -2.35. The Morgan fingerprint density at radius 1 is 1.03 bits per heavy atom. The van der Waals surface area contributed by atoms with Crippen LogP contribution in [0.3, 0.4) is 0 Å². The molecule has 0 unspecified atom stereocenters. The van der Waals surface area contributed by atoms with Gasteiger partial charge in [0, 0.05) is 29.4 Å². The molecule has 0 bridgehead atoms. The number of benzene rings is 2. The lowest BCUT2D eigenvalue weighted by molar-refractivity contribution is -0.125. The second-order valence-electron chi connectivity index (χ2n) is 6.81. The van der Waals surface area contributed by atoms with Crippen molar-refractivity contribution in [2.45, 2.75) is 12.8 Å². The SMILES string of the molecule is C=C(C(=O)NC(=O)/C(=C/c1ccc(Cl)cc1)c1ccc(F)cc1)C1CCOCC1. The molecule has 0 atom stereocenters. The summed E-state index contributed by atoms with van der Waals surface area (Å²) in [4.78, 5) is 25.5. The molecule has 0 radical (unpaired) electrons. The summed E-state index contributed by atoms with van der Waals surface area (Å²) in [5, 5.41) is 2.98. The van der Waals surface area contributed by atoms with Gasteiger partial charge in [-0.05, 0) is 60.2 Å². The largest absolute Gasteiger partial charge is 0.381 e. The number of imide groups is 1. The molecule has 4 nitrogen and oxygen atoms in total. The Morgan fingerprint density at radius 3 is 2.28 bits per heavy atom. The fourth-order valence-electron chi connectivity index (χ4n) is 3.12. The minimum atomic E-state index is -0.579. The zero-order valence-electron chi connectivity index (χ0n) is 15.8. The van der Waals surface area contributed by atoms with Crippen molar-refractivity contribution in [3.63, 3.8) is 0 Å². The van der Waals surface area contributed by atoms with E-state index >= 15 is 0 Å².